The van der Waals surface area contributed by atoms with Gasteiger partial charge in [-0.1, -0.05) is 54.1 Å². The lowest BCUT2D eigenvalue weighted by Gasteiger charge is -2.06. The van der Waals surface area contributed by atoms with E-state index in [-0.39, 0.29) is 12.3 Å². The maximum absolute atomic E-state index is 12.3. The number of nitrogens with zero attached hydrogens (tertiary/aromatic N) is 1. The molecule has 0 radical (unpaired) electrons. The van der Waals surface area contributed by atoms with E-state index in [2.05, 4.69) is 10.5 Å². The van der Waals surface area contributed by atoms with Crippen LogP contribution in [0.25, 0.3) is 22.1 Å². The Balaban J connectivity index is 1.43. The van der Waals surface area contributed by atoms with E-state index >= 15 is 0 Å². The summed E-state index contributed by atoms with van der Waals surface area (Å²) in [5.74, 6) is 1.54. The molecule has 0 spiro atoms. The van der Waals surface area contributed by atoms with E-state index < -0.39 is 0 Å². The van der Waals surface area contributed by atoms with E-state index in [4.69, 9.17) is 20.8 Å². The van der Waals surface area contributed by atoms with Crippen LogP contribution in [0.5, 0.6) is 5.75 Å². The number of benzene rings is 3. The average molecular weight is 419 g/mol. The molecule has 6 heteroatoms. The predicted molar refractivity (Wildman–Crippen MR) is 119 cm³/mol. The summed E-state index contributed by atoms with van der Waals surface area (Å²) < 4.78 is 11.1. The van der Waals surface area contributed by atoms with Gasteiger partial charge >= 0.3 is 0 Å². The number of hydrazone groups is 1. The van der Waals surface area contributed by atoms with Crippen molar-refractivity contribution in [2.24, 2.45) is 5.10 Å². The van der Waals surface area contributed by atoms with Crippen LogP contribution in [-0.2, 0) is 11.2 Å². The van der Waals surface area contributed by atoms with E-state index in [0.29, 0.717) is 22.3 Å². The van der Waals surface area contributed by atoms with Gasteiger partial charge in [-0.3, -0.25) is 4.79 Å². The zero-order chi connectivity index (χ0) is 20.9. The number of halogens is 1. The van der Waals surface area contributed by atoms with Gasteiger partial charge in [0, 0.05) is 5.02 Å². The molecular weight excluding hydrogens is 400 g/mol. The van der Waals surface area contributed by atoms with Crippen LogP contribution in [-0.4, -0.2) is 19.2 Å². The molecule has 4 aromatic rings. The second-order valence-electron chi connectivity index (χ2n) is 6.65. The van der Waals surface area contributed by atoms with E-state index in [1.165, 1.54) is 6.21 Å². The van der Waals surface area contributed by atoms with Crippen molar-refractivity contribution in [3.8, 4) is 17.1 Å². The van der Waals surface area contributed by atoms with E-state index in [1.807, 2.05) is 42.5 Å². The molecule has 0 aliphatic carbocycles. The molecule has 0 saturated heterocycles. The van der Waals surface area contributed by atoms with Crippen molar-refractivity contribution >= 4 is 34.5 Å². The van der Waals surface area contributed by atoms with Crippen molar-refractivity contribution in [3.63, 3.8) is 0 Å². The quantitative estimate of drug-likeness (QED) is 0.334. The summed E-state index contributed by atoms with van der Waals surface area (Å²) in [6.45, 7) is 0. The summed E-state index contributed by atoms with van der Waals surface area (Å²) in [5, 5.41) is 6.75. The molecule has 0 unspecified atom stereocenters. The third kappa shape index (κ3) is 4.36. The van der Waals surface area contributed by atoms with Gasteiger partial charge in [0.05, 0.1) is 25.3 Å². The Morgan fingerprint density at radius 2 is 1.93 bits per heavy atom. The highest BCUT2D eigenvalue weighted by atomic mass is 35.5. The Bertz CT molecular complexity index is 1220. The van der Waals surface area contributed by atoms with Crippen LogP contribution in [0.4, 0.5) is 0 Å². The smallest absolute Gasteiger partial charge is 0.244 e. The number of amides is 1. The van der Waals surface area contributed by atoms with Gasteiger partial charge in [-0.05, 0) is 46.7 Å². The minimum absolute atomic E-state index is 0.203. The van der Waals surface area contributed by atoms with Crippen LogP contribution in [0.15, 0.2) is 82.3 Å². The first-order valence-corrected chi connectivity index (χ1v) is 9.74. The third-order valence-corrected chi connectivity index (χ3v) is 4.90. The molecule has 0 atom stereocenters. The molecule has 0 aliphatic rings. The van der Waals surface area contributed by atoms with Crippen LogP contribution < -0.4 is 10.2 Å². The third-order valence-electron chi connectivity index (χ3n) is 4.67. The van der Waals surface area contributed by atoms with Crippen molar-refractivity contribution in [3.05, 3.63) is 89.1 Å². The lowest BCUT2D eigenvalue weighted by Crippen LogP contribution is -2.19. The summed E-state index contributed by atoms with van der Waals surface area (Å²) in [6, 6.07) is 22.8. The van der Waals surface area contributed by atoms with E-state index in [1.54, 1.807) is 37.4 Å². The molecule has 1 amide bonds. The zero-order valence-electron chi connectivity index (χ0n) is 16.3. The summed E-state index contributed by atoms with van der Waals surface area (Å²) in [5.41, 5.74) is 4.24. The average Bonchev–Trinajstić information content (AvgIpc) is 3.23. The van der Waals surface area contributed by atoms with Crippen LogP contribution in [0.2, 0.25) is 5.02 Å². The van der Waals surface area contributed by atoms with Crippen molar-refractivity contribution in [1.82, 2.24) is 5.43 Å². The number of fused-ring (bicyclic) bond motifs is 1. The van der Waals surface area contributed by atoms with Crippen LogP contribution in [0.3, 0.4) is 0 Å². The number of rotatable bonds is 6. The predicted octanol–water partition coefficient (Wildman–Crippen LogP) is 5.45. The Kier molecular flexibility index (Phi) is 5.82. The maximum Gasteiger partial charge on any atom is 0.244 e. The second kappa shape index (κ2) is 8.84. The molecule has 1 N–H and O–H groups in total. The Hall–Kier alpha value is -3.57. The van der Waals surface area contributed by atoms with Crippen LogP contribution in [0.1, 0.15) is 11.3 Å². The van der Waals surface area contributed by atoms with Gasteiger partial charge in [-0.15, -0.1) is 0 Å². The summed E-state index contributed by atoms with van der Waals surface area (Å²) in [7, 11) is 1.59. The molecule has 5 nitrogen and oxygen atoms in total. The molecule has 0 fully saturated rings. The van der Waals surface area contributed by atoms with Gasteiger partial charge in [-0.25, -0.2) is 5.43 Å². The summed E-state index contributed by atoms with van der Waals surface area (Å²) in [6.07, 6.45) is 1.70. The number of carbonyl (C=O) groups excluding carboxylic acids is 1. The molecule has 0 bridgehead atoms. The molecule has 30 heavy (non-hydrogen) atoms. The van der Waals surface area contributed by atoms with Crippen molar-refractivity contribution in [1.29, 1.82) is 0 Å². The lowest BCUT2D eigenvalue weighted by molar-refractivity contribution is -0.120. The molecule has 3 aromatic carbocycles. The minimum atomic E-state index is -0.203. The number of carbonyl (C=O) groups is 1. The van der Waals surface area contributed by atoms with Gasteiger partial charge < -0.3 is 9.15 Å². The Morgan fingerprint density at radius 3 is 2.80 bits per heavy atom. The van der Waals surface area contributed by atoms with Gasteiger partial charge in [0.2, 0.25) is 5.91 Å². The molecule has 0 aliphatic heterocycles. The molecule has 1 aromatic heterocycles. The first-order chi connectivity index (χ1) is 14.6. The Morgan fingerprint density at radius 1 is 1.10 bits per heavy atom. The van der Waals surface area contributed by atoms with Crippen molar-refractivity contribution in [2.45, 2.75) is 6.42 Å². The fourth-order valence-corrected chi connectivity index (χ4v) is 3.44. The number of furan rings is 1. The topological polar surface area (TPSA) is 63.8 Å². The SMILES string of the molecule is COc1ccc(Cl)cc1-c1ccc(/C=N\NC(=O)Cc2cccc3ccccc23)o1. The molecule has 4 rings (SSSR count). The fourth-order valence-electron chi connectivity index (χ4n) is 3.27. The highest BCUT2D eigenvalue weighted by molar-refractivity contribution is 6.30. The van der Waals surface area contributed by atoms with Crippen molar-refractivity contribution < 1.29 is 13.9 Å². The molecule has 1 heterocycles. The first kappa shape index (κ1) is 19.7. The first-order valence-electron chi connectivity index (χ1n) is 9.36. The summed E-state index contributed by atoms with van der Waals surface area (Å²) in [4.78, 5) is 12.3. The van der Waals surface area contributed by atoms with Gasteiger partial charge in [0.25, 0.3) is 0 Å². The molecule has 0 saturated carbocycles. The number of ether oxygens (including phenoxy) is 1. The lowest BCUT2D eigenvalue weighted by atomic mass is 10.0. The largest absolute Gasteiger partial charge is 0.496 e. The normalized spacial score (nSPS) is 11.1. The standard InChI is InChI=1S/C24H19ClN2O3/c1-29-22-11-9-18(25)14-21(22)23-12-10-19(30-23)15-26-27-24(28)13-17-7-4-6-16-5-2-3-8-20(16)17/h2-12,14-15H,13H2,1H3,(H,27,28)/b26-15-. The number of hydrogen-bond donors (Lipinski definition) is 1. The number of hydrogen-bond acceptors (Lipinski definition) is 4. The second-order valence-corrected chi connectivity index (χ2v) is 7.09. The minimum Gasteiger partial charge on any atom is -0.496 e. The van der Waals surface area contributed by atoms with E-state index in [0.717, 1.165) is 21.9 Å². The molecule has 150 valence electrons. The highest BCUT2D eigenvalue weighted by Crippen LogP contribution is 2.33. The summed E-state index contributed by atoms with van der Waals surface area (Å²) >= 11 is 6.08. The van der Waals surface area contributed by atoms with Gasteiger partial charge in [0.15, 0.2) is 0 Å². The zero-order valence-corrected chi connectivity index (χ0v) is 17.0. The van der Waals surface area contributed by atoms with Crippen LogP contribution in [0, 0.1) is 0 Å². The van der Waals surface area contributed by atoms with Crippen molar-refractivity contribution in [2.75, 3.05) is 7.11 Å². The monoisotopic (exact) mass is 418 g/mol. The van der Waals surface area contributed by atoms with E-state index in [9.17, 15) is 4.79 Å². The fraction of sp³-hybridized carbons (Fsp3) is 0.0833. The number of methoxy groups -OCH3 is 1. The molecular formula is C24H19ClN2O3. The van der Waals surface area contributed by atoms with Gasteiger partial charge in [0.1, 0.15) is 17.3 Å². The van der Waals surface area contributed by atoms with Gasteiger partial charge in [-0.2, -0.15) is 5.10 Å². The number of nitrogens with one attached hydrogen (secondary N) is 1. The van der Waals surface area contributed by atoms with Crippen LogP contribution >= 0.6 is 11.6 Å². The highest BCUT2D eigenvalue weighted by Gasteiger charge is 2.11. The maximum atomic E-state index is 12.3. The Labute approximate surface area is 178 Å².